The van der Waals surface area contributed by atoms with E-state index in [-0.39, 0.29) is 25.1 Å². The van der Waals surface area contributed by atoms with Crippen molar-refractivity contribution in [2.24, 2.45) is 0 Å². The summed E-state index contributed by atoms with van der Waals surface area (Å²) in [5.74, 6) is 0.140. The monoisotopic (exact) mass is 234 g/mol. The lowest BCUT2D eigenvalue weighted by molar-refractivity contribution is -0.141. The van der Waals surface area contributed by atoms with Crippen LogP contribution >= 0.6 is 0 Å². The van der Waals surface area contributed by atoms with Crippen molar-refractivity contribution in [1.82, 2.24) is 0 Å². The maximum atomic E-state index is 11.7. The van der Waals surface area contributed by atoms with Gasteiger partial charge in [-0.25, -0.2) is 0 Å². The smallest absolute Gasteiger partial charge is 0.302 e. The second kappa shape index (κ2) is 4.86. The lowest BCUT2D eigenvalue weighted by atomic mass is 10.2. The molecule has 1 amide bonds. The Hall–Kier alpha value is -2.04. The minimum absolute atomic E-state index is 0.0110. The standard InChI is InChI=1S/C12H12NO4/c1-9(14)16-7-6-13-10-4-2-3-5-11(10)17-8-12(13)15/h3-5H,6-8H2,1H3. The zero-order valence-electron chi connectivity index (χ0n) is 9.43. The molecular formula is C12H12NO4. The topological polar surface area (TPSA) is 55.8 Å². The summed E-state index contributed by atoms with van der Waals surface area (Å²) < 4.78 is 10.1. The maximum absolute atomic E-state index is 11.7. The number of benzene rings is 1. The van der Waals surface area contributed by atoms with Crippen LogP contribution in [0.15, 0.2) is 18.2 Å². The number of rotatable bonds is 3. The van der Waals surface area contributed by atoms with Gasteiger partial charge < -0.3 is 14.4 Å². The van der Waals surface area contributed by atoms with Gasteiger partial charge in [-0.3, -0.25) is 9.59 Å². The van der Waals surface area contributed by atoms with Crippen molar-refractivity contribution in [2.45, 2.75) is 6.92 Å². The van der Waals surface area contributed by atoms with E-state index >= 15 is 0 Å². The molecule has 0 fully saturated rings. The molecular weight excluding hydrogens is 222 g/mol. The Bertz CT molecular complexity index is 444. The zero-order chi connectivity index (χ0) is 12.3. The van der Waals surface area contributed by atoms with Crippen LogP contribution in [-0.4, -0.2) is 31.6 Å². The van der Waals surface area contributed by atoms with Crippen LogP contribution < -0.4 is 9.64 Å². The largest absolute Gasteiger partial charge is 0.482 e. The highest BCUT2D eigenvalue weighted by Crippen LogP contribution is 2.30. The fourth-order valence-corrected chi connectivity index (χ4v) is 1.62. The Balaban J connectivity index is 2.10. The quantitative estimate of drug-likeness (QED) is 0.725. The van der Waals surface area contributed by atoms with Crippen LogP contribution in [0.2, 0.25) is 0 Å². The molecule has 0 unspecified atom stereocenters. The number of carbonyl (C=O) groups is 2. The van der Waals surface area contributed by atoms with Crippen molar-refractivity contribution in [3.63, 3.8) is 0 Å². The Morgan fingerprint density at radius 1 is 1.65 bits per heavy atom. The van der Waals surface area contributed by atoms with E-state index in [2.05, 4.69) is 6.07 Å². The zero-order valence-corrected chi connectivity index (χ0v) is 9.43. The van der Waals surface area contributed by atoms with E-state index in [0.717, 1.165) is 0 Å². The number of anilines is 1. The van der Waals surface area contributed by atoms with Crippen molar-refractivity contribution in [1.29, 1.82) is 0 Å². The van der Waals surface area contributed by atoms with Gasteiger partial charge in [-0.05, 0) is 18.2 Å². The Kier molecular flexibility index (Phi) is 3.27. The number of hydrogen-bond acceptors (Lipinski definition) is 4. The molecule has 0 aliphatic carbocycles. The van der Waals surface area contributed by atoms with Crippen molar-refractivity contribution in [2.75, 3.05) is 24.7 Å². The molecule has 1 radical (unpaired) electrons. The second-order valence-electron chi connectivity index (χ2n) is 3.57. The average molecular weight is 234 g/mol. The van der Waals surface area contributed by atoms with Crippen molar-refractivity contribution in [3.05, 3.63) is 24.3 Å². The molecule has 1 aromatic carbocycles. The van der Waals surface area contributed by atoms with Crippen molar-refractivity contribution >= 4 is 17.6 Å². The van der Waals surface area contributed by atoms with E-state index in [1.165, 1.54) is 11.8 Å². The summed E-state index contributed by atoms with van der Waals surface area (Å²) in [6.07, 6.45) is 0. The Labute approximate surface area is 98.9 Å². The van der Waals surface area contributed by atoms with E-state index in [9.17, 15) is 9.59 Å². The SMILES string of the molecule is CC(=O)OCCN1C(=O)COc2cc[c]cc21. The van der Waals surface area contributed by atoms with Gasteiger partial charge in [0.2, 0.25) is 0 Å². The fourth-order valence-electron chi connectivity index (χ4n) is 1.62. The highest BCUT2D eigenvalue weighted by Gasteiger charge is 2.24. The molecule has 1 aromatic rings. The number of fused-ring (bicyclic) bond motifs is 1. The van der Waals surface area contributed by atoms with Gasteiger partial charge in [-0.1, -0.05) is 6.07 Å². The normalized spacial score (nSPS) is 13.9. The van der Waals surface area contributed by atoms with Gasteiger partial charge in [0.1, 0.15) is 12.4 Å². The van der Waals surface area contributed by atoms with Gasteiger partial charge >= 0.3 is 5.97 Å². The number of esters is 1. The summed E-state index contributed by atoms with van der Waals surface area (Å²) in [6, 6.07) is 8.04. The molecule has 0 N–H and O–H groups in total. The molecule has 89 valence electrons. The Morgan fingerprint density at radius 3 is 3.24 bits per heavy atom. The molecule has 0 spiro atoms. The van der Waals surface area contributed by atoms with E-state index in [1.807, 2.05) is 0 Å². The van der Waals surface area contributed by atoms with Gasteiger partial charge in [0.15, 0.2) is 6.61 Å². The molecule has 1 aliphatic heterocycles. The molecule has 0 saturated heterocycles. The first-order valence-electron chi connectivity index (χ1n) is 5.25. The predicted octanol–water partition coefficient (Wildman–Crippen LogP) is 0.775. The van der Waals surface area contributed by atoms with Crippen LogP contribution in [0, 0.1) is 6.07 Å². The van der Waals surface area contributed by atoms with Gasteiger partial charge in [0.05, 0.1) is 12.2 Å². The highest BCUT2D eigenvalue weighted by atomic mass is 16.5. The predicted molar refractivity (Wildman–Crippen MR) is 59.8 cm³/mol. The molecule has 2 rings (SSSR count). The summed E-state index contributed by atoms with van der Waals surface area (Å²) in [7, 11) is 0. The Morgan fingerprint density at radius 2 is 2.47 bits per heavy atom. The van der Waals surface area contributed by atoms with Crippen LogP contribution in [0.3, 0.4) is 0 Å². The van der Waals surface area contributed by atoms with Crippen molar-refractivity contribution in [3.8, 4) is 5.75 Å². The molecule has 17 heavy (non-hydrogen) atoms. The lowest BCUT2D eigenvalue weighted by Gasteiger charge is -2.28. The first-order valence-corrected chi connectivity index (χ1v) is 5.25. The van der Waals surface area contributed by atoms with Gasteiger partial charge in [0.25, 0.3) is 5.91 Å². The summed E-state index contributed by atoms with van der Waals surface area (Å²) in [5.41, 5.74) is 0.663. The van der Waals surface area contributed by atoms with E-state index < -0.39 is 0 Å². The first-order chi connectivity index (χ1) is 8.18. The number of ether oxygens (including phenoxy) is 2. The fraction of sp³-hybridized carbons (Fsp3) is 0.333. The number of carbonyl (C=O) groups excluding carboxylic acids is 2. The molecule has 0 aromatic heterocycles. The molecule has 0 atom stereocenters. The third-order valence-electron chi connectivity index (χ3n) is 2.37. The minimum atomic E-state index is -0.356. The molecule has 5 heteroatoms. The van der Waals surface area contributed by atoms with Crippen LogP contribution in [-0.2, 0) is 14.3 Å². The van der Waals surface area contributed by atoms with Crippen LogP contribution in [0.5, 0.6) is 5.75 Å². The number of nitrogens with zero attached hydrogens (tertiary/aromatic N) is 1. The molecule has 0 saturated carbocycles. The van der Waals surface area contributed by atoms with Crippen LogP contribution in [0.1, 0.15) is 6.92 Å². The van der Waals surface area contributed by atoms with E-state index in [0.29, 0.717) is 18.0 Å². The first kappa shape index (κ1) is 11.4. The van der Waals surface area contributed by atoms with E-state index in [4.69, 9.17) is 9.47 Å². The molecule has 1 heterocycles. The minimum Gasteiger partial charge on any atom is -0.482 e. The van der Waals surface area contributed by atoms with Crippen molar-refractivity contribution < 1.29 is 19.1 Å². The number of amides is 1. The summed E-state index contributed by atoms with van der Waals surface area (Å²) in [5, 5.41) is 0. The van der Waals surface area contributed by atoms with Crippen LogP contribution in [0.25, 0.3) is 0 Å². The third-order valence-corrected chi connectivity index (χ3v) is 2.37. The molecule has 1 aliphatic rings. The van der Waals surface area contributed by atoms with E-state index in [1.54, 1.807) is 18.2 Å². The summed E-state index contributed by atoms with van der Waals surface area (Å²) >= 11 is 0. The average Bonchev–Trinajstić information content (AvgIpc) is 2.32. The van der Waals surface area contributed by atoms with Gasteiger partial charge in [0, 0.05) is 6.92 Å². The maximum Gasteiger partial charge on any atom is 0.302 e. The summed E-state index contributed by atoms with van der Waals surface area (Å²) in [6.45, 7) is 1.85. The summed E-state index contributed by atoms with van der Waals surface area (Å²) in [4.78, 5) is 23.9. The second-order valence-corrected chi connectivity index (χ2v) is 3.57. The number of hydrogen-bond donors (Lipinski definition) is 0. The van der Waals surface area contributed by atoms with Crippen LogP contribution in [0.4, 0.5) is 5.69 Å². The lowest BCUT2D eigenvalue weighted by Crippen LogP contribution is -2.40. The van der Waals surface area contributed by atoms with Gasteiger partial charge in [-0.15, -0.1) is 0 Å². The highest BCUT2D eigenvalue weighted by molar-refractivity contribution is 5.97. The molecule has 5 nitrogen and oxygen atoms in total. The third kappa shape index (κ3) is 2.55. The molecule has 0 bridgehead atoms. The van der Waals surface area contributed by atoms with Gasteiger partial charge in [-0.2, -0.15) is 0 Å².